The van der Waals surface area contributed by atoms with Crippen LogP contribution in [-0.2, 0) is 0 Å². The summed E-state index contributed by atoms with van der Waals surface area (Å²) in [6.45, 7) is 13.1. The molecule has 0 aromatic carbocycles. The largest absolute Gasteiger partial charge is 0.103 e. The van der Waals surface area contributed by atoms with Crippen molar-refractivity contribution in [3.05, 3.63) is 12.7 Å². The molecule has 0 aromatic rings. The molecule has 0 amide bonds. The highest BCUT2D eigenvalue weighted by Crippen LogP contribution is 2.40. The first-order chi connectivity index (χ1) is 4.45. The number of hydrogen-bond donors (Lipinski definition) is 0. The highest BCUT2D eigenvalue weighted by Gasteiger charge is 2.27. The maximum Gasteiger partial charge on any atom is 0.0161 e. The molecule has 0 nitrogen and oxygen atoms in total. The molecule has 0 unspecified atom stereocenters. The van der Waals surface area contributed by atoms with Crippen LogP contribution in [0.5, 0.6) is 0 Å². The molecule has 0 heterocycles. The SMILES string of the molecule is C=CC([SiH3])(C(C)C)C(C)C. The number of rotatable bonds is 3. The highest BCUT2D eigenvalue weighted by molar-refractivity contribution is 6.17. The molecule has 0 aliphatic carbocycles. The Morgan fingerprint density at radius 3 is 1.50 bits per heavy atom. The summed E-state index contributed by atoms with van der Waals surface area (Å²) in [7, 11) is 1.22. The van der Waals surface area contributed by atoms with E-state index in [-0.39, 0.29) is 0 Å². The lowest BCUT2D eigenvalue weighted by atomic mass is 9.84. The van der Waals surface area contributed by atoms with Gasteiger partial charge in [-0.05, 0) is 16.9 Å². The fourth-order valence-electron chi connectivity index (χ4n) is 1.14. The van der Waals surface area contributed by atoms with Crippen molar-refractivity contribution in [1.82, 2.24) is 0 Å². The van der Waals surface area contributed by atoms with Gasteiger partial charge >= 0.3 is 0 Å². The minimum absolute atomic E-state index is 0.444. The van der Waals surface area contributed by atoms with Crippen molar-refractivity contribution in [2.45, 2.75) is 32.7 Å². The first-order valence-corrected chi connectivity index (χ1v) is 5.08. The van der Waals surface area contributed by atoms with Gasteiger partial charge in [-0.15, -0.1) is 6.58 Å². The van der Waals surface area contributed by atoms with E-state index in [9.17, 15) is 0 Å². The summed E-state index contributed by atoms with van der Waals surface area (Å²) in [5.74, 6) is 1.49. The molecular weight excluding hydrogens is 136 g/mol. The topological polar surface area (TPSA) is 0 Å². The van der Waals surface area contributed by atoms with E-state index in [0.29, 0.717) is 5.04 Å². The van der Waals surface area contributed by atoms with Gasteiger partial charge in [-0.1, -0.05) is 33.8 Å². The van der Waals surface area contributed by atoms with E-state index in [1.54, 1.807) is 0 Å². The smallest absolute Gasteiger partial charge is 0.0161 e. The summed E-state index contributed by atoms with van der Waals surface area (Å²) in [5, 5.41) is 0.444. The van der Waals surface area contributed by atoms with Gasteiger partial charge in [-0.25, -0.2) is 0 Å². The molecular formula is C9H20Si. The molecule has 0 aromatic heterocycles. The van der Waals surface area contributed by atoms with Crippen molar-refractivity contribution >= 4 is 10.2 Å². The summed E-state index contributed by atoms with van der Waals surface area (Å²) in [6, 6.07) is 0. The van der Waals surface area contributed by atoms with E-state index in [0.717, 1.165) is 11.8 Å². The van der Waals surface area contributed by atoms with Crippen LogP contribution in [-0.4, -0.2) is 10.2 Å². The Kier molecular flexibility index (Phi) is 3.36. The fourth-order valence-corrected chi connectivity index (χ4v) is 1.14. The highest BCUT2D eigenvalue weighted by atomic mass is 28.1. The third kappa shape index (κ3) is 1.72. The van der Waals surface area contributed by atoms with Gasteiger partial charge < -0.3 is 0 Å². The minimum atomic E-state index is 0.444. The van der Waals surface area contributed by atoms with Gasteiger partial charge in [0.1, 0.15) is 0 Å². The first kappa shape index (κ1) is 9.96. The number of allylic oxidation sites excluding steroid dienone is 1. The summed E-state index contributed by atoms with van der Waals surface area (Å²) in [6.07, 6.45) is 2.15. The summed E-state index contributed by atoms with van der Waals surface area (Å²) in [4.78, 5) is 0. The fraction of sp³-hybridized carbons (Fsp3) is 0.778. The Morgan fingerprint density at radius 1 is 1.20 bits per heavy atom. The Balaban J connectivity index is 4.38. The molecule has 0 fully saturated rings. The monoisotopic (exact) mass is 156 g/mol. The van der Waals surface area contributed by atoms with Gasteiger partial charge in [-0.2, -0.15) is 0 Å². The third-order valence-electron chi connectivity index (χ3n) is 2.93. The van der Waals surface area contributed by atoms with Gasteiger partial charge in [0.15, 0.2) is 0 Å². The second kappa shape index (κ2) is 3.38. The standard InChI is InChI=1S/C9H20Si/c1-6-9(10,7(2)3)8(4)5/h6-8H,1H2,2-5,10H3. The van der Waals surface area contributed by atoms with Gasteiger partial charge in [0, 0.05) is 10.2 Å². The second-order valence-electron chi connectivity index (χ2n) is 3.88. The molecule has 0 radical (unpaired) electrons. The molecule has 0 spiro atoms. The van der Waals surface area contributed by atoms with Crippen molar-refractivity contribution < 1.29 is 0 Å². The molecule has 0 aliphatic heterocycles. The molecule has 0 saturated heterocycles. The van der Waals surface area contributed by atoms with Crippen LogP contribution in [0.2, 0.25) is 5.04 Å². The van der Waals surface area contributed by atoms with Crippen molar-refractivity contribution in [3.8, 4) is 0 Å². The van der Waals surface area contributed by atoms with Crippen LogP contribution < -0.4 is 0 Å². The normalized spacial score (nSPS) is 13.0. The molecule has 10 heavy (non-hydrogen) atoms. The van der Waals surface area contributed by atoms with Crippen LogP contribution in [0.25, 0.3) is 0 Å². The zero-order chi connectivity index (χ0) is 8.36. The van der Waals surface area contributed by atoms with Crippen molar-refractivity contribution in [1.29, 1.82) is 0 Å². The molecule has 1 heteroatoms. The van der Waals surface area contributed by atoms with Gasteiger partial charge in [-0.3, -0.25) is 0 Å². The second-order valence-corrected chi connectivity index (χ2v) is 5.61. The van der Waals surface area contributed by atoms with Crippen LogP contribution in [0.3, 0.4) is 0 Å². The molecule has 0 N–H and O–H groups in total. The number of hydrogen-bond acceptors (Lipinski definition) is 0. The average Bonchev–Trinajstić information content (AvgIpc) is 1.85. The van der Waals surface area contributed by atoms with Crippen molar-refractivity contribution in [2.75, 3.05) is 0 Å². The van der Waals surface area contributed by atoms with E-state index in [1.807, 2.05) is 0 Å². The van der Waals surface area contributed by atoms with E-state index in [4.69, 9.17) is 0 Å². The molecule has 0 bridgehead atoms. The minimum Gasteiger partial charge on any atom is -0.103 e. The molecule has 60 valence electrons. The maximum absolute atomic E-state index is 3.91. The summed E-state index contributed by atoms with van der Waals surface area (Å²) in [5.41, 5.74) is 0. The maximum atomic E-state index is 3.91. The predicted molar refractivity (Wildman–Crippen MR) is 52.5 cm³/mol. The van der Waals surface area contributed by atoms with Gasteiger partial charge in [0.05, 0.1) is 0 Å². The lowest BCUT2D eigenvalue weighted by Crippen LogP contribution is -2.23. The van der Waals surface area contributed by atoms with Crippen LogP contribution >= 0.6 is 0 Å². The Labute approximate surface area is 68.1 Å². The van der Waals surface area contributed by atoms with Gasteiger partial charge in [0.25, 0.3) is 0 Å². The van der Waals surface area contributed by atoms with E-state index in [1.165, 1.54) is 10.2 Å². The zero-order valence-corrected chi connectivity index (χ0v) is 9.94. The lowest BCUT2D eigenvalue weighted by Gasteiger charge is -2.34. The van der Waals surface area contributed by atoms with Crippen LogP contribution in [0.15, 0.2) is 12.7 Å². The van der Waals surface area contributed by atoms with Crippen molar-refractivity contribution in [2.24, 2.45) is 11.8 Å². The molecule has 0 rings (SSSR count). The van der Waals surface area contributed by atoms with Crippen LogP contribution in [0.1, 0.15) is 27.7 Å². The third-order valence-corrected chi connectivity index (χ3v) is 5.65. The quantitative estimate of drug-likeness (QED) is 0.433. The van der Waals surface area contributed by atoms with Crippen LogP contribution in [0.4, 0.5) is 0 Å². The van der Waals surface area contributed by atoms with E-state index in [2.05, 4.69) is 40.3 Å². The van der Waals surface area contributed by atoms with Crippen molar-refractivity contribution in [3.63, 3.8) is 0 Å². The molecule has 0 saturated carbocycles. The Morgan fingerprint density at radius 2 is 1.50 bits per heavy atom. The first-order valence-electron chi connectivity index (χ1n) is 4.08. The Hall–Kier alpha value is -0.0431. The van der Waals surface area contributed by atoms with Gasteiger partial charge in [0.2, 0.25) is 0 Å². The molecule has 0 aliphatic rings. The Bertz CT molecular complexity index is 106. The summed E-state index contributed by atoms with van der Waals surface area (Å²) < 4.78 is 0. The zero-order valence-electron chi connectivity index (χ0n) is 7.94. The summed E-state index contributed by atoms with van der Waals surface area (Å²) >= 11 is 0. The molecule has 0 atom stereocenters. The average molecular weight is 156 g/mol. The van der Waals surface area contributed by atoms with E-state index < -0.39 is 0 Å². The van der Waals surface area contributed by atoms with E-state index >= 15 is 0 Å². The predicted octanol–water partition coefficient (Wildman–Crippen LogP) is 2.01. The van der Waals surface area contributed by atoms with Crippen LogP contribution in [0, 0.1) is 11.8 Å². The lowest BCUT2D eigenvalue weighted by molar-refractivity contribution is 0.378.